The van der Waals surface area contributed by atoms with Crippen LogP contribution in [0, 0.1) is 6.92 Å². The molecule has 124 valence electrons. The summed E-state index contributed by atoms with van der Waals surface area (Å²) in [4.78, 5) is 11.7. The van der Waals surface area contributed by atoms with Crippen molar-refractivity contribution in [3.63, 3.8) is 0 Å². The Morgan fingerprint density at radius 2 is 1.86 bits per heavy atom. The molecule has 1 aromatic carbocycles. The van der Waals surface area contributed by atoms with E-state index in [0.29, 0.717) is 5.75 Å². The Labute approximate surface area is 132 Å². The van der Waals surface area contributed by atoms with Crippen molar-refractivity contribution in [3.8, 4) is 5.75 Å². The standard InChI is InChI=1S/C15H24N2O4S/c1-12(2)17(22(4,19)20)10-9-16-15(18)11-21-14-7-5-13(3)6-8-14/h5-8,12H,9-11H2,1-4H3,(H,16,18). The first kappa shape index (κ1) is 18.4. The molecule has 0 aliphatic heterocycles. The number of ether oxygens (including phenoxy) is 1. The Bertz CT molecular complexity index is 582. The molecule has 0 aromatic heterocycles. The zero-order valence-electron chi connectivity index (χ0n) is 13.5. The molecule has 0 saturated carbocycles. The van der Waals surface area contributed by atoms with Crippen LogP contribution in [0.5, 0.6) is 5.75 Å². The van der Waals surface area contributed by atoms with Crippen LogP contribution in [0.2, 0.25) is 0 Å². The van der Waals surface area contributed by atoms with Crippen molar-refractivity contribution in [1.82, 2.24) is 9.62 Å². The summed E-state index contributed by atoms with van der Waals surface area (Å²) in [7, 11) is -3.27. The molecule has 0 fully saturated rings. The summed E-state index contributed by atoms with van der Waals surface area (Å²) in [6.07, 6.45) is 1.16. The summed E-state index contributed by atoms with van der Waals surface area (Å²) in [5.41, 5.74) is 1.12. The maximum absolute atomic E-state index is 11.7. The molecule has 0 radical (unpaired) electrons. The average molecular weight is 328 g/mol. The fraction of sp³-hybridized carbons (Fsp3) is 0.533. The summed E-state index contributed by atoms with van der Waals surface area (Å²) in [5.74, 6) is 0.346. The van der Waals surface area contributed by atoms with E-state index in [1.54, 1.807) is 26.0 Å². The van der Waals surface area contributed by atoms with E-state index in [4.69, 9.17) is 4.74 Å². The first-order chi connectivity index (χ1) is 10.2. The fourth-order valence-electron chi connectivity index (χ4n) is 1.95. The third-order valence-electron chi connectivity index (χ3n) is 3.05. The average Bonchev–Trinajstić information content (AvgIpc) is 2.41. The molecule has 0 aliphatic rings. The molecular formula is C15H24N2O4S. The Hall–Kier alpha value is -1.60. The van der Waals surface area contributed by atoms with Crippen LogP contribution in [-0.4, -0.2) is 50.6 Å². The monoisotopic (exact) mass is 328 g/mol. The van der Waals surface area contributed by atoms with E-state index in [9.17, 15) is 13.2 Å². The van der Waals surface area contributed by atoms with Crippen LogP contribution in [-0.2, 0) is 14.8 Å². The van der Waals surface area contributed by atoms with Crippen molar-refractivity contribution < 1.29 is 17.9 Å². The van der Waals surface area contributed by atoms with Gasteiger partial charge in [-0.1, -0.05) is 17.7 Å². The number of carbonyl (C=O) groups excluding carboxylic acids is 1. The van der Waals surface area contributed by atoms with E-state index < -0.39 is 10.0 Å². The topological polar surface area (TPSA) is 75.7 Å². The smallest absolute Gasteiger partial charge is 0.257 e. The fourth-order valence-corrected chi connectivity index (χ4v) is 3.14. The van der Waals surface area contributed by atoms with E-state index in [1.807, 2.05) is 19.1 Å². The molecule has 7 heteroatoms. The van der Waals surface area contributed by atoms with Crippen LogP contribution in [0.3, 0.4) is 0 Å². The van der Waals surface area contributed by atoms with Gasteiger partial charge in [-0.2, -0.15) is 4.31 Å². The Kier molecular flexibility index (Phi) is 6.83. The van der Waals surface area contributed by atoms with Crippen molar-refractivity contribution in [2.24, 2.45) is 0 Å². The summed E-state index contributed by atoms with van der Waals surface area (Å²) in [6.45, 7) is 5.96. The van der Waals surface area contributed by atoms with Crippen LogP contribution in [0.25, 0.3) is 0 Å². The quantitative estimate of drug-likeness (QED) is 0.777. The number of nitrogens with zero attached hydrogens (tertiary/aromatic N) is 1. The van der Waals surface area contributed by atoms with Crippen LogP contribution < -0.4 is 10.1 Å². The van der Waals surface area contributed by atoms with Gasteiger partial charge in [-0.25, -0.2) is 8.42 Å². The van der Waals surface area contributed by atoms with Crippen molar-refractivity contribution in [3.05, 3.63) is 29.8 Å². The number of benzene rings is 1. The number of amides is 1. The summed E-state index contributed by atoms with van der Waals surface area (Å²) >= 11 is 0. The molecule has 0 saturated heterocycles. The molecule has 6 nitrogen and oxygen atoms in total. The van der Waals surface area contributed by atoms with Gasteiger partial charge < -0.3 is 10.1 Å². The largest absolute Gasteiger partial charge is 0.484 e. The third-order valence-corrected chi connectivity index (χ3v) is 4.50. The second-order valence-corrected chi connectivity index (χ2v) is 7.35. The molecule has 1 aromatic rings. The van der Waals surface area contributed by atoms with Gasteiger partial charge in [0.05, 0.1) is 6.26 Å². The normalized spacial score (nSPS) is 11.7. The molecule has 0 aliphatic carbocycles. The van der Waals surface area contributed by atoms with Crippen LogP contribution in [0.4, 0.5) is 0 Å². The van der Waals surface area contributed by atoms with Crippen molar-refractivity contribution >= 4 is 15.9 Å². The first-order valence-electron chi connectivity index (χ1n) is 7.13. The lowest BCUT2D eigenvalue weighted by molar-refractivity contribution is -0.123. The van der Waals surface area contributed by atoms with Gasteiger partial charge in [-0.3, -0.25) is 4.79 Å². The van der Waals surface area contributed by atoms with Crippen molar-refractivity contribution in [1.29, 1.82) is 0 Å². The number of carbonyl (C=O) groups is 1. The zero-order chi connectivity index (χ0) is 16.8. The van der Waals surface area contributed by atoms with Gasteiger partial charge >= 0.3 is 0 Å². The van der Waals surface area contributed by atoms with Crippen molar-refractivity contribution in [2.45, 2.75) is 26.8 Å². The number of hydrogen-bond acceptors (Lipinski definition) is 4. The number of nitrogens with one attached hydrogen (secondary N) is 1. The van der Waals surface area contributed by atoms with E-state index in [0.717, 1.165) is 11.8 Å². The first-order valence-corrected chi connectivity index (χ1v) is 8.98. The zero-order valence-corrected chi connectivity index (χ0v) is 14.3. The molecule has 1 rings (SSSR count). The van der Waals surface area contributed by atoms with Crippen LogP contribution >= 0.6 is 0 Å². The van der Waals surface area contributed by atoms with E-state index >= 15 is 0 Å². The Balaban J connectivity index is 2.35. The minimum atomic E-state index is -3.27. The number of rotatable bonds is 8. The second kappa shape index (κ2) is 8.14. The lowest BCUT2D eigenvalue weighted by atomic mass is 10.2. The van der Waals surface area contributed by atoms with Gasteiger partial charge in [0.1, 0.15) is 5.75 Å². The van der Waals surface area contributed by atoms with Gasteiger partial charge in [0, 0.05) is 19.1 Å². The highest BCUT2D eigenvalue weighted by Gasteiger charge is 2.19. The minimum Gasteiger partial charge on any atom is -0.484 e. The third kappa shape index (κ3) is 6.44. The molecule has 0 bridgehead atoms. The van der Waals surface area contributed by atoms with Crippen molar-refractivity contribution in [2.75, 3.05) is 26.0 Å². The highest BCUT2D eigenvalue weighted by Crippen LogP contribution is 2.10. The molecule has 1 N–H and O–H groups in total. The SMILES string of the molecule is Cc1ccc(OCC(=O)NCCN(C(C)C)S(C)(=O)=O)cc1. The molecule has 0 atom stereocenters. The van der Waals surface area contributed by atoms with Gasteiger partial charge in [0.2, 0.25) is 10.0 Å². The van der Waals surface area contributed by atoms with Gasteiger partial charge in [-0.05, 0) is 32.9 Å². The molecule has 1 amide bonds. The number of aryl methyl sites for hydroxylation is 1. The summed E-state index contributed by atoms with van der Waals surface area (Å²) in [5, 5.41) is 2.65. The van der Waals surface area contributed by atoms with Crippen LogP contribution in [0.15, 0.2) is 24.3 Å². The minimum absolute atomic E-state index is 0.0936. The van der Waals surface area contributed by atoms with Gasteiger partial charge in [0.15, 0.2) is 6.61 Å². The highest BCUT2D eigenvalue weighted by molar-refractivity contribution is 7.88. The molecule has 22 heavy (non-hydrogen) atoms. The van der Waals surface area contributed by atoms with E-state index in [-0.39, 0.29) is 31.6 Å². The molecular weight excluding hydrogens is 304 g/mol. The molecule has 0 spiro atoms. The lowest BCUT2D eigenvalue weighted by Crippen LogP contribution is -2.42. The maximum Gasteiger partial charge on any atom is 0.257 e. The van der Waals surface area contributed by atoms with E-state index in [1.165, 1.54) is 4.31 Å². The van der Waals surface area contributed by atoms with Gasteiger partial charge in [-0.15, -0.1) is 0 Å². The molecule has 0 heterocycles. The summed E-state index contributed by atoms with van der Waals surface area (Å²) in [6, 6.07) is 7.26. The summed E-state index contributed by atoms with van der Waals surface area (Å²) < 4.78 is 29.8. The predicted molar refractivity (Wildman–Crippen MR) is 86.4 cm³/mol. The van der Waals surface area contributed by atoms with E-state index in [2.05, 4.69) is 5.32 Å². The molecule has 0 unspecified atom stereocenters. The van der Waals surface area contributed by atoms with Crippen LogP contribution in [0.1, 0.15) is 19.4 Å². The Morgan fingerprint density at radius 3 is 2.36 bits per heavy atom. The second-order valence-electron chi connectivity index (χ2n) is 5.42. The Morgan fingerprint density at radius 1 is 1.27 bits per heavy atom. The highest BCUT2D eigenvalue weighted by atomic mass is 32.2. The number of hydrogen-bond donors (Lipinski definition) is 1. The van der Waals surface area contributed by atoms with Gasteiger partial charge in [0.25, 0.3) is 5.91 Å². The maximum atomic E-state index is 11.7. The lowest BCUT2D eigenvalue weighted by Gasteiger charge is -2.23. The predicted octanol–water partition coefficient (Wildman–Crippen LogP) is 1.16. The number of sulfonamides is 1.